The van der Waals surface area contributed by atoms with Crippen LogP contribution in [0.2, 0.25) is 0 Å². The predicted molar refractivity (Wildman–Crippen MR) is 74.0 cm³/mol. The Morgan fingerprint density at radius 3 is 2.72 bits per heavy atom. The molecule has 1 heterocycles. The van der Waals surface area contributed by atoms with Crippen LogP contribution in [0, 0.1) is 0 Å². The molecule has 0 radical (unpaired) electrons. The molecule has 0 aliphatic heterocycles. The summed E-state index contributed by atoms with van der Waals surface area (Å²) in [6.45, 7) is 2.84. The quantitative estimate of drug-likeness (QED) is 0.821. The smallest absolute Gasteiger partial charge is 0.293 e. The number of fused-ring (bicyclic) bond motifs is 1. The number of unbranched alkanes of at least 4 members (excludes halogenated alkanes) is 3. The van der Waals surface area contributed by atoms with Gasteiger partial charge in [-0.3, -0.25) is 4.79 Å². The largest absolute Gasteiger partial charge is 0.503 e. The number of hydrogen-bond acceptors (Lipinski definition) is 2. The van der Waals surface area contributed by atoms with Gasteiger partial charge in [0.15, 0.2) is 5.75 Å². The topological polar surface area (TPSA) is 42.2 Å². The van der Waals surface area contributed by atoms with Crippen molar-refractivity contribution in [3.05, 3.63) is 40.7 Å². The van der Waals surface area contributed by atoms with Gasteiger partial charge in [-0.15, -0.1) is 0 Å². The molecule has 3 nitrogen and oxygen atoms in total. The minimum Gasteiger partial charge on any atom is -0.503 e. The van der Waals surface area contributed by atoms with Crippen LogP contribution in [0.3, 0.4) is 0 Å². The molecule has 0 aliphatic carbocycles. The maximum atomic E-state index is 12.0. The van der Waals surface area contributed by atoms with E-state index >= 15 is 0 Å². The van der Waals surface area contributed by atoms with E-state index in [9.17, 15) is 9.90 Å². The van der Waals surface area contributed by atoms with Crippen LogP contribution in [0.5, 0.6) is 5.75 Å². The molecule has 2 rings (SSSR count). The van der Waals surface area contributed by atoms with Crippen LogP contribution < -0.4 is 5.56 Å². The Bertz CT molecular complexity index is 587. The lowest BCUT2D eigenvalue weighted by Gasteiger charge is -2.10. The molecule has 0 saturated carbocycles. The zero-order valence-corrected chi connectivity index (χ0v) is 10.7. The first-order valence-corrected chi connectivity index (χ1v) is 6.55. The maximum absolute atomic E-state index is 12.0. The van der Waals surface area contributed by atoms with Crippen LogP contribution in [0.25, 0.3) is 10.9 Å². The average Bonchev–Trinajstić information content (AvgIpc) is 2.38. The van der Waals surface area contributed by atoms with Crippen molar-refractivity contribution in [3.8, 4) is 5.75 Å². The van der Waals surface area contributed by atoms with E-state index in [4.69, 9.17) is 0 Å². The molecule has 0 fully saturated rings. The lowest BCUT2D eigenvalue weighted by atomic mass is 10.1. The highest BCUT2D eigenvalue weighted by atomic mass is 16.3. The van der Waals surface area contributed by atoms with Crippen LogP contribution >= 0.6 is 0 Å². The van der Waals surface area contributed by atoms with Gasteiger partial charge in [-0.05, 0) is 18.6 Å². The number of rotatable bonds is 5. The van der Waals surface area contributed by atoms with Crippen LogP contribution in [0.1, 0.15) is 32.6 Å². The van der Waals surface area contributed by atoms with E-state index in [0.29, 0.717) is 6.54 Å². The highest BCUT2D eigenvalue weighted by Gasteiger charge is 2.07. The van der Waals surface area contributed by atoms with Crippen LogP contribution in [-0.2, 0) is 6.54 Å². The van der Waals surface area contributed by atoms with Gasteiger partial charge in [-0.2, -0.15) is 0 Å². The van der Waals surface area contributed by atoms with Gasteiger partial charge in [0.2, 0.25) is 0 Å². The monoisotopic (exact) mass is 245 g/mol. The number of benzene rings is 1. The Balaban J connectivity index is 2.35. The van der Waals surface area contributed by atoms with Crippen molar-refractivity contribution >= 4 is 10.9 Å². The molecular formula is C15H19NO2. The minimum atomic E-state index is -0.287. The number of para-hydroxylation sites is 1. The Morgan fingerprint density at radius 2 is 1.94 bits per heavy atom. The standard InChI is InChI=1S/C15H19NO2/c1-2-3-4-7-10-16-13-9-6-5-8-12(13)11-14(17)15(16)18/h5-6,8-9,11,17H,2-4,7,10H2,1H3. The van der Waals surface area contributed by atoms with Gasteiger partial charge in [-0.25, -0.2) is 0 Å². The zero-order valence-electron chi connectivity index (χ0n) is 10.7. The van der Waals surface area contributed by atoms with E-state index in [2.05, 4.69) is 6.92 Å². The van der Waals surface area contributed by atoms with E-state index in [0.717, 1.165) is 23.7 Å². The second kappa shape index (κ2) is 5.71. The lowest BCUT2D eigenvalue weighted by Crippen LogP contribution is -2.20. The van der Waals surface area contributed by atoms with Crippen molar-refractivity contribution < 1.29 is 5.11 Å². The Labute approximate surface area is 107 Å². The van der Waals surface area contributed by atoms with E-state index in [1.54, 1.807) is 10.6 Å². The first kappa shape index (κ1) is 12.7. The second-order valence-corrected chi connectivity index (χ2v) is 4.61. The molecule has 1 N–H and O–H groups in total. The summed E-state index contributed by atoms with van der Waals surface area (Å²) >= 11 is 0. The molecule has 1 aromatic heterocycles. The number of aryl methyl sites for hydroxylation is 1. The van der Waals surface area contributed by atoms with Crippen LogP contribution in [0.15, 0.2) is 35.1 Å². The second-order valence-electron chi connectivity index (χ2n) is 4.61. The highest BCUT2D eigenvalue weighted by Crippen LogP contribution is 2.16. The summed E-state index contributed by atoms with van der Waals surface area (Å²) in [4.78, 5) is 12.0. The van der Waals surface area contributed by atoms with Crippen LogP contribution in [0.4, 0.5) is 0 Å². The molecular weight excluding hydrogens is 226 g/mol. The van der Waals surface area contributed by atoms with E-state index in [-0.39, 0.29) is 11.3 Å². The van der Waals surface area contributed by atoms with Gasteiger partial charge < -0.3 is 9.67 Å². The fourth-order valence-corrected chi connectivity index (χ4v) is 2.23. The molecule has 0 bridgehead atoms. The van der Waals surface area contributed by atoms with Crippen molar-refractivity contribution in [1.82, 2.24) is 4.57 Å². The summed E-state index contributed by atoms with van der Waals surface area (Å²) < 4.78 is 1.68. The summed E-state index contributed by atoms with van der Waals surface area (Å²) in [5, 5.41) is 10.6. The van der Waals surface area contributed by atoms with E-state index < -0.39 is 0 Å². The van der Waals surface area contributed by atoms with Crippen LogP contribution in [-0.4, -0.2) is 9.67 Å². The van der Waals surface area contributed by atoms with Crippen molar-refractivity contribution in [1.29, 1.82) is 0 Å². The lowest BCUT2D eigenvalue weighted by molar-refractivity contribution is 0.457. The van der Waals surface area contributed by atoms with Crippen molar-refractivity contribution in [3.63, 3.8) is 0 Å². The summed E-state index contributed by atoms with van der Waals surface area (Å²) in [6.07, 6.45) is 4.45. The molecule has 0 amide bonds. The third-order valence-corrected chi connectivity index (χ3v) is 3.22. The summed E-state index contributed by atoms with van der Waals surface area (Å²) in [7, 11) is 0. The molecule has 0 spiro atoms. The molecule has 3 heteroatoms. The minimum absolute atomic E-state index is 0.163. The number of pyridine rings is 1. The molecule has 1 aromatic carbocycles. The fraction of sp³-hybridized carbons (Fsp3) is 0.400. The summed E-state index contributed by atoms with van der Waals surface area (Å²) in [5.74, 6) is -0.163. The molecule has 0 aliphatic rings. The van der Waals surface area contributed by atoms with E-state index in [1.807, 2.05) is 24.3 Å². The molecule has 0 atom stereocenters. The maximum Gasteiger partial charge on any atom is 0.293 e. The summed E-state index contributed by atoms with van der Waals surface area (Å²) in [5.41, 5.74) is 0.613. The van der Waals surface area contributed by atoms with Crippen molar-refractivity contribution in [2.24, 2.45) is 0 Å². The number of aromatic nitrogens is 1. The van der Waals surface area contributed by atoms with Crippen molar-refractivity contribution in [2.75, 3.05) is 0 Å². The van der Waals surface area contributed by atoms with Gasteiger partial charge in [0.25, 0.3) is 5.56 Å². The Kier molecular flexibility index (Phi) is 4.03. The third kappa shape index (κ3) is 2.55. The number of nitrogens with zero attached hydrogens (tertiary/aromatic N) is 1. The first-order valence-electron chi connectivity index (χ1n) is 6.55. The van der Waals surface area contributed by atoms with E-state index in [1.165, 1.54) is 12.8 Å². The molecule has 96 valence electrons. The molecule has 0 saturated heterocycles. The molecule has 0 unspecified atom stereocenters. The molecule has 18 heavy (non-hydrogen) atoms. The Hall–Kier alpha value is -1.77. The molecule has 2 aromatic rings. The van der Waals surface area contributed by atoms with Gasteiger partial charge in [0.05, 0.1) is 5.52 Å². The number of hydrogen-bond donors (Lipinski definition) is 1. The van der Waals surface area contributed by atoms with Gasteiger partial charge in [-0.1, -0.05) is 44.4 Å². The zero-order chi connectivity index (χ0) is 13.0. The number of aromatic hydroxyl groups is 1. The van der Waals surface area contributed by atoms with Gasteiger partial charge in [0, 0.05) is 11.9 Å². The highest BCUT2D eigenvalue weighted by molar-refractivity contribution is 5.80. The van der Waals surface area contributed by atoms with Crippen molar-refractivity contribution in [2.45, 2.75) is 39.2 Å². The average molecular weight is 245 g/mol. The Morgan fingerprint density at radius 1 is 1.17 bits per heavy atom. The first-order chi connectivity index (χ1) is 8.74. The van der Waals surface area contributed by atoms with Gasteiger partial charge in [0.1, 0.15) is 0 Å². The van der Waals surface area contributed by atoms with Gasteiger partial charge >= 0.3 is 0 Å². The fourth-order valence-electron chi connectivity index (χ4n) is 2.23. The third-order valence-electron chi connectivity index (χ3n) is 3.22. The SMILES string of the molecule is CCCCCCn1c(=O)c(O)cc2ccccc21. The summed E-state index contributed by atoms with van der Waals surface area (Å²) in [6, 6.07) is 9.21. The normalized spacial score (nSPS) is 10.9. The predicted octanol–water partition coefficient (Wildman–Crippen LogP) is 3.29.